The number of alkyl halides is 2. The maximum Gasteiger partial charge on any atom is 0.387 e. The molecule has 3 aromatic rings. The Labute approximate surface area is 200 Å². The molecule has 0 unspecified atom stereocenters. The van der Waals surface area contributed by atoms with Gasteiger partial charge in [-0.05, 0) is 56.3 Å². The fourth-order valence-corrected chi connectivity index (χ4v) is 5.34. The van der Waals surface area contributed by atoms with Crippen LogP contribution in [0.4, 0.5) is 8.78 Å². The van der Waals surface area contributed by atoms with Gasteiger partial charge in [0.15, 0.2) is 0 Å². The average molecular weight is 466 g/mol. The zero-order valence-electron chi connectivity index (χ0n) is 21.2. The van der Waals surface area contributed by atoms with Gasteiger partial charge in [-0.1, -0.05) is 17.9 Å². The first-order chi connectivity index (χ1) is 17.7. The summed E-state index contributed by atoms with van der Waals surface area (Å²) in [5, 5.41) is 3.33. The molecule has 3 aliphatic heterocycles. The molecule has 1 amide bonds. The van der Waals surface area contributed by atoms with Crippen molar-refractivity contribution in [3.8, 4) is 17.6 Å². The molecule has 2 atom stereocenters. The molecular weight excluding hydrogens is 438 g/mol. The Morgan fingerprint density at radius 2 is 2.09 bits per heavy atom. The molecule has 1 fully saturated rings. The molecule has 2 bridgehead atoms. The Bertz CT molecular complexity index is 1450. The Hall–Kier alpha value is -3.44. The predicted octanol–water partition coefficient (Wildman–Crippen LogP) is 4.11. The summed E-state index contributed by atoms with van der Waals surface area (Å²) in [4.78, 5) is 19.0. The Morgan fingerprint density at radius 1 is 1.24 bits per heavy atom. The van der Waals surface area contributed by atoms with Crippen LogP contribution in [-0.2, 0) is 0 Å². The van der Waals surface area contributed by atoms with Crippen molar-refractivity contribution in [2.45, 2.75) is 38.0 Å². The molecule has 3 aliphatic rings. The minimum atomic E-state index is -3.10. The molecule has 6 nitrogen and oxygen atoms in total. The first-order valence-corrected chi connectivity index (χ1v) is 11.4. The molecule has 6 rings (SSSR count). The molecule has 174 valence electrons. The van der Waals surface area contributed by atoms with Crippen molar-refractivity contribution in [3.05, 3.63) is 58.9 Å². The number of hydrogen-bond acceptors (Lipinski definition) is 4. The zero-order chi connectivity index (χ0) is 25.9. The van der Waals surface area contributed by atoms with Crippen molar-refractivity contribution in [2.24, 2.45) is 5.92 Å². The van der Waals surface area contributed by atoms with Crippen molar-refractivity contribution in [1.82, 2.24) is 19.8 Å². The monoisotopic (exact) mass is 465 g/mol. The summed E-state index contributed by atoms with van der Waals surface area (Å²) in [6, 6.07) is 8.39. The summed E-state index contributed by atoms with van der Waals surface area (Å²) >= 11 is 0. The molecule has 0 radical (unpaired) electrons. The van der Waals surface area contributed by atoms with Crippen LogP contribution in [0.25, 0.3) is 11.0 Å². The molecule has 4 heterocycles. The third-order valence-electron chi connectivity index (χ3n) is 6.91. The number of fused-ring (bicyclic) bond motifs is 9. The molecule has 0 saturated carbocycles. The van der Waals surface area contributed by atoms with E-state index in [4.69, 9.17) is 13.8 Å². The number of carbonyl (C=O) groups is 1. The smallest absolute Gasteiger partial charge is 0.387 e. The van der Waals surface area contributed by atoms with E-state index in [9.17, 15) is 13.6 Å². The third-order valence-corrected chi connectivity index (χ3v) is 6.91. The van der Waals surface area contributed by atoms with E-state index in [1.165, 1.54) is 18.2 Å². The van der Waals surface area contributed by atoms with E-state index < -0.39 is 31.6 Å². The highest BCUT2D eigenvalue weighted by Gasteiger charge is 2.45. The summed E-state index contributed by atoms with van der Waals surface area (Å²) in [7, 11) is 0. The normalized spacial score (nSPS) is 23.4. The van der Waals surface area contributed by atoms with Crippen molar-refractivity contribution in [1.29, 1.82) is 0 Å². The molecule has 34 heavy (non-hydrogen) atoms. The van der Waals surface area contributed by atoms with Crippen LogP contribution >= 0.6 is 0 Å². The number of piperidine rings is 1. The number of aromatic nitrogens is 2. The summed E-state index contributed by atoms with van der Waals surface area (Å²) < 4.78 is 57.6. The van der Waals surface area contributed by atoms with E-state index in [2.05, 4.69) is 17.2 Å². The number of benzene rings is 2. The van der Waals surface area contributed by atoms with Crippen LogP contribution in [-0.4, -0.2) is 47.0 Å². The van der Waals surface area contributed by atoms with E-state index in [-0.39, 0.29) is 23.3 Å². The van der Waals surface area contributed by atoms with Gasteiger partial charge in [0.2, 0.25) is 0 Å². The summed E-state index contributed by atoms with van der Waals surface area (Å²) in [5.74, 6) is 6.43. The highest BCUT2D eigenvalue weighted by molar-refractivity contribution is 5.97. The van der Waals surface area contributed by atoms with E-state index in [1.807, 2.05) is 22.8 Å². The van der Waals surface area contributed by atoms with Gasteiger partial charge in [-0.3, -0.25) is 4.79 Å². The van der Waals surface area contributed by atoms with Gasteiger partial charge in [-0.15, -0.1) is 0 Å². The maximum absolute atomic E-state index is 13.5. The minimum Gasteiger partial charge on any atom is -0.434 e. The van der Waals surface area contributed by atoms with Gasteiger partial charge in [0.25, 0.3) is 5.91 Å². The molecule has 0 aliphatic carbocycles. The molecular formula is C26H24F2N4O2. The molecule has 8 heteroatoms. The predicted molar refractivity (Wildman–Crippen MR) is 123 cm³/mol. The molecule has 1 aromatic heterocycles. The number of carbonyl (C=O) groups excluding carboxylic acids is 1. The molecule has 0 spiro atoms. The quantitative estimate of drug-likeness (QED) is 0.579. The lowest BCUT2D eigenvalue weighted by Gasteiger charge is -2.24. The second-order valence-electron chi connectivity index (χ2n) is 8.88. The second kappa shape index (κ2) is 8.10. The van der Waals surface area contributed by atoms with Crippen LogP contribution in [0.15, 0.2) is 36.4 Å². The topological polar surface area (TPSA) is 59.4 Å². The van der Waals surface area contributed by atoms with Crippen molar-refractivity contribution in [2.75, 3.05) is 20.1 Å². The van der Waals surface area contributed by atoms with Crippen LogP contribution in [0.2, 0.25) is 0 Å². The van der Waals surface area contributed by atoms with Gasteiger partial charge in [0.1, 0.15) is 11.6 Å². The number of ether oxygens (including phenoxy) is 1. The van der Waals surface area contributed by atoms with E-state index in [0.717, 1.165) is 36.4 Å². The van der Waals surface area contributed by atoms with Gasteiger partial charge >= 0.3 is 6.61 Å². The standard InChI is InChI=1S/C26H24F2N4O2/c1-31-21-14-20(23-17(25(31)33)3-2-4-22(23)34-26(27)28)32-19-13-16(7-8-18(19)30-24(21)32)6-5-15-9-11-29-12-10-15/h2-4,7-8,13,15,20-21,26,29H,9-12,14H2,1H3/t20-,21-/m1/s1/i1D3. The number of nitrogens with zero attached hydrogens (tertiary/aromatic N) is 3. The van der Waals surface area contributed by atoms with Crippen molar-refractivity contribution >= 4 is 16.9 Å². The minimum absolute atomic E-state index is 0.0381. The summed E-state index contributed by atoms with van der Waals surface area (Å²) in [5.41, 5.74) is 2.39. The van der Waals surface area contributed by atoms with E-state index >= 15 is 0 Å². The summed E-state index contributed by atoms with van der Waals surface area (Å²) in [6.07, 6.45) is 2.16. The van der Waals surface area contributed by atoms with Crippen LogP contribution < -0.4 is 10.1 Å². The van der Waals surface area contributed by atoms with Crippen molar-refractivity contribution < 1.29 is 22.4 Å². The number of hydrogen-bond donors (Lipinski definition) is 1. The number of halogens is 2. The third kappa shape index (κ3) is 3.34. The molecule has 2 aromatic carbocycles. The van der Waals surface area contributed by atoms with Gasteiger partial charge < -0.3 is 19.5 Å². The number of rotatable bonds is 2. The van der Waals surface area contributed by atoms with Gasteiger partial charge in [-0.2, -0.15) is 8.78 Å². The summed E-state index contributed by atoms with van der Waals surface area (Å²) in [6.45, 7) is -3.97. The van der Waals surface area contributed by atoms with Crippen molar-refractivity contribution in [3.63, 3.8) is 0 Å². The first-order valence-electron chi connectivity index (χ1n) is 12.9. The van der Waals surface area contributed by atoms with Gasteiger partial charge in [0, 0.05) is 40.1 Å². The average Bonchev–Trinajstić information content (AvgIpc) is 3.35. The molecule has 1 saturated heterocycles. The highest BCUT2D eigenvalue weighted by atomic mass is 19.3. The molecule has 1 N–H and O–H groups in total. The lowest BCUT2D eigenvalue weighted by atomic mass is 9.97. The van der Waals surface area contributed by atoms with Crippen LogP contribution in [0.5, 0.6) is 5.75 Å². The Kier molecular flexibility index (Phi) is 4.28. The Morgan fingerprint density at radius 3 is 2.88 bits per heavy atom. The zero-order valence-corrected chi connectivity index (χ0v) is 18.2. The van der Waals surface area contributed by atoms with Crippen LogP contribution in [0, 0.1) is 17.8 Å². The number of amides is 1. The highest BCUT2D eigenvalue weighted by Crippen LogP contribution is 2.49. The lowest BCUT2D eigenvalue weighted by molar-refractivity contribution is -0.0507. The lowest BCUT2D eigenvalue weighted by Crippen LogP contribution is -2.30. The fraction of sp³-hybridized carbons (Fsp3) is 0.385. The van der Waals surface area contributed by atoms with Gasteiger partial charge in [-0.25, -0.2) is 4.98 Å². The largest absolute Gasteiger partial charge is 0.434 e. The van der Waals surface area contributed by atoms with E-state index in [1.54, 1.807) is 0 Å². The maximum atomic E-state index is 13.5. The number of imidazole rings is 1. The SMILES string of the molecule is [2H]C([2H])([2H])N1C(=O)c2cccc(OC(F)F)c2[C@H]2C[C@@H]1c1nc3ccc(C#CC4CCNCC4)cc3n12. The van der Waals surface area contributed by atoms with Gasteiger partial charge in [0.05, 0.1) is 23.1 Å². The fourth-order valence-electron chi connectivity index (χ4n) is 5.34. The Balaban J connectivity index is 1.53. The van der Waals surface area contributed by atoms with Crippen LogP contribution in [0.3, 0.4) is 0 Å². The van der Waals surface area contributed by atoms with E-state index in [0.29, 0.717) is 22.8 Å². The van der Waals surface area contributed by atoms with Crippen LogP contribution in [0.1, 0.15) is 62.8 Å². The first kappa shape index (κ1) is 18.0. The second-order valence-corrected chi connectivity index (χ2v) is 8.88. The number of nitrogens with one attached hydrogen (secondary N) is 1.